The van der Waals surface area contributed by atoms with Crippen LogP contribution in [0.4, 0.5) is 0 Å². The van der Waals surface area contributed by atoms with Crippen LogP contribution in [0, 0.1) is 26.0 Å². The van der Waals surface area contributed by atoms with E-state index in [1.54, 1.807) is 6.20 Å². The average Bonchev–Trinajstić information content (AvgIpc) is 3.45. The Morgan fingerprint density at radius 2 is 1.48 bits per heavy atom. The largest absolute Gasteiger partial charge is 0.501 e. The number of rotatable bonds is 3. The first-order valence-electron chi connectivity index (χ1n) is 14.3. The predicted octanol–water partition coefficient (Wildman–Crippen LogP) is 10.4. The van der Waals surface area contributed by atoms with Gasteiger partial charge in [0.1, 0.15) is 5.58 Å². The van der Waals surface area contributed by atoms with Crippen molar-refractivity contribution in [2.45, 2.75) is 13.8 Å². The number of aryl methyl sites for hydroxylation is 2. The number of para-hydroxylation sites is 1. The van der Waals surface area contributed by atoms with Gasteiger partial charge in [0.05, 0.1) is 5.58 Å². The fraction of sp³-hybridized carbons (Fsp3) is 0.0500. The quantitative estimate of drug-likeness (QED) is 0.169. The molecule has 0 fully saturated rings. The molecule has 3 aromatic heterocycles. The Hall–Kier alpha value is -4.89. The number of pyridine rings is 2. The van der Waals surface area contributed by atoms with Crippen LogP contribution in [0.1, 0.15) is 11.1 Å². The van der Waals surface area contributed by atoms with E-state index in [0.29, 0.717) is 0 Å². The monoisotopic (exact) mass is 745 g/mol. The van der Waals surface area contributed by atoms with Crippen molar-refractivity contribution in [2.24, 2.45) is 0 Å². The molecule has 215 valence electrons. The van der Waals surface area contributed by atoms with Crippen molar-refractivity contribution in [3.05, 3.63) is 157 Å². The van der Waals surface area contributed by atoms with Crippen LogP contribution in [0.5, 0.6) is 0 Å². The third kappa shape index (κ3) is 5.83. The average molecular weight is 745 g/mol. The predicted molar refractivity (Wildman–Crippen MR) is 177 cm³/mol. The van der Waals surface area contributed by atoms with Crippen molar-refractivity contribution in [3.8, 4) is 33.6 Å². The van der Waals surface area contributed by atoms with Gasteiger partial charge < -0.3 is 14.4 Å². The molecule has 0 aliphatic carbocycles. The number of hydrogen-bond acceptors (Lipinski definition) is 3. The summed E-state index contributed by atoms with van der Waals surface area (Å²) in [6.45, 7) is 4.24. The van der Waals surface area contributed by atoms with Crippen LogP contribution in [0.25, 0.3) is 66.4 Å². The first-order chi connectivity index (χ1) is 21.1. The van der Waals surface area contributed by atoms with Crippen LogP contribution in [0.3, 0.4) is 0 Å². The van der Waals surface area contributed by atoms with Crippen LogP contribution < -0.4 is 0 Å². The number of furan rings is 1. The van der Waals surface area contributed by atoms with Crippen molar-refractivity contribution in [3.63, 3.8) is 0 Å². The van der Waals surface area contributed by atoms with E-state index >= 15 is 0 Å². The summed E-state index contributed by atoms with van der Waals surface area (Å²) < 4.78 is 6.21. The van der Waals surface area contributed by atoms with Gasteiger partial charge in [0.2, 0.25) is 0 Å². The molecule has 8 rings (SSSR count). The standard InChI is InChI=1S/C29H20NO.C11H8N.Ir/c1-18-10-11-20-12-13-21(15-22(20)14-18)26-16-27(30-17-19(26)2)25-8-5-7-24-23-6-3-4-9-28(23)31-29(24)25;1-2-6-10(7-3-1)11-8-4-5-9-12-11;/h3-7,9-17H,1-2H3;1-6,8-9H;/q2*-1;. The molecule has 0 aliphatic heterocycles. The molecular formula is C40H28IrN2O-2. The SMILES string of the molecule is Cc1ccc2ccc(-c3cc(-c4[c-]ccc5c4oc4ccccc45)ncc3C)cc2c1.[Ir].[c-]1ccccc1-c1ccccn1. The smallest absolute Gasteiger partial charge is 0.120 e. The second-order valence-corrected chi connectivity index (χ2v) is 10.6. The minimum Gasteiger partial charge on any atom is -0.501 e. The number of fused-ring (bicyclic) bond motifs is 4. The maximum atomic E-state index is 6.21. The molecule has 0 N–H and O–H groups in total. The molecule has 44 heavy (non-hydrogen) atoms. The molecule has 3 heterocycles. The number of benzene rings is 5. The maximum absolute atomic E-state index is 6.21. The molecular weight excluding hydrogens is 717 g/mol. The first kappa shape index (κ1) is 29.2. The Balaban J connectivity index is 0.000000222. The van der Waals surface area contributed by atoms with Gasteiger partial charge >= 0.3 is 0 Å². The number of nitrogens with zero attached hydrogens (tertiary/aromatic N) is 2. The number of hydrogen-bond donors (Lipinski definition) is 0. The molecule has 3 nitrogen and oxygen atoms in total. The Kier molecular flexibility index (Phi) is 8.47. The van der Waals surface area contributed by atoms with E-state index in [1.165, 1.54) is 27.5 Å². The molecule has 0 bridgehead atoms. The topological polar surface area (TPSA) is 38.9 Å². The molecule has 0 saturated carbocycles. The van der Waals surface area contributed by atoms with E-state index in [2.05, 4.69) is 85.6 Å². The van der Waals surface area contributed by atoms with E-state index < -0.39 is 0 Å². The van der Waals surface area contributed by atoms with Gasteiger partial charge in [0.15, 0.2) is 0 Å². The zero-order chi connectivity index (χ0) is 29.2. The molecule has 4 heteroatoms. The van der Waals surface area contributed by atoms with Gasteiger partial charge in [0.25, 0.3) is 0 Å². The summed E-state index contributed by atoms with van der Waals surface area (Å²) in [4.78, 5) is 8.96. The third-order valence-corrected chi connectivity index (χ3v) is 7.65. The summed E-state index contributed by atoms with van der Waals surface area (Å²) in [6, 6.07) is 47.7. The van der Waals surface area contributed by atoms with E-state index in [4.69, 9.17) is 9.40 Å². The number of aromatic nitrogens is 2. The summed E-state index contributed by atoms with van der Waals surface area (Å²) in [7, 11) is 0. The molecule has 0 amide bonds. The Labute approximate surface area is 270 Å². The van der Waals surface area contributed by atoms with Crippen molar-refractivity contribution in [1.82, 2.24) is 9.97 Å². The van der Waals surface area contributed by atoms with Crippen molar-refractivity contribution in [2.75, 3.05) is 0 Å². The van der Waals surface area contributed by atoms with Gasteiger partial charge in [-0.2, -0.15) is 0 Å². The minimum atomic E-state index is 0. The zero-order valence-electron chi connectivity index (χ0n) is 24.3. The zero-order valence-corrected chi connectivity index (χ0v) is 26.7. The Morgan fingerprint density at radius 1 is 0.636 bits per heavy atom. The summed E-state index contributed by atoms with van der Waals surface area (Å²) in [5.74, 6) is 0. The molecule has 0 atom stereocenters. The van der Waals surface area contributed by atoms with Gasteiger partial charge in [-0.25, -0.2) is 0 Å². The van der Waals surface area contributed by atoms with Crippen LogP contribution in [-0.4, -0.2) is 9.97 Å². The van der Waals surface area contributed by atoms with Crippen LogP contribution in [0.2, 0.25) is 0 Å². The second kappa shape index (κ2) is 12.8. The Morgan fingerprint density at radius 3 is 2.32 bits per heavy atom. The van der Waals surface area contributed by atoms with Gasteiger partial charge in [-0.15, -0.1) is 54.1 Å². The maximum Gasteiger partial charge on any atom is 0.120 e. The second-order valence-electron chi connectivity index (χ2n) is 10.6. The van der Waals surface area contributed by atoms with E-state index in [9.17, 15) is 0 Å². The van der Waals surface area contributed by atoms with Gasteiger partial charge in [-0.1, -0.05) is 83.2 Å². The molecule has 8 aromatic rings. The molecule has 0 aliphatic rings. The van der Waals surface area contributed by atoms with Crippen molar-refractivity contribution in [1.29, 1.82) is 0 Å². The van der Waals surface area contributed by atoms with E-state index in [-0.39, 0.29) is 20.1 Å². The summed E-state index contributed by atoms with van der Waals surface area (Å²) in [5.41, 5.74) is 10.3. The first-order valence-corrected chi connectivity index (χ1v) is 14.3. The van der Waals surface area contributed by atoms with Gasteiger partial charge in [-0.05, 0) is 70.9 Å². The third-order valence-electron chi connectivity index (χ3n) is 7.65. The molecule has 0 unspecified atom stereocenters. The van der Waals surface area contributed by atoms with Crippen LogP contribution in [-0.2, 0) is 20.1 Å². The molecule has 5 aromatic carbocycles. The Bertz CT molecular complexity index is 2170. The summed E-state index contributed by atoms with van der Waals surface area (Å²) in [6.07, 6.45) is 3.73. The van der Waals surface area contributed by atoms with Crippen molar-refractivity contribution >= 4 is 32.7 Å². The van der Waals surface area contributed by atoms with Gasteiger partial charge in [0, 0.05) is 37.9 Å². The summed E-state index contributed by atoms with van der Waals surface area (Å²) in [5, 5.41) is 4.71. The minimum absolute atomic E-state index is 0. The molecule has 0 spiro atoms. The normalized spacial score (nSPS) is 10.8. The summed E-state index contributed by atoms with van der Waals surface area (Å²) >= 11 is 0. The van der Waals surface area contributed by atoms with Crippen LogP contribution >= 0.6 is 0 Å². The van der Waals surface area contributed by atoms with Crippen LogP contribution in [0.15, 0.2) is 138 Å². The molecule has 0 saturated heterocycles. The van der Waals surface area contributed by atoms with E-state index in [1.807, 2.05) is 72.9 Å². The van der Waals surface area contributed by atoms with E-state index in [0.717, 1.165) is 50.0 Å². The van der Waals surface area contributed by atoms with Crippen molar-refractivity contribution < 1.29 is 24.5 Å². The van der Waals surface area contributed by atoms with Gasteiger partial charge in [-0.3, -0.25) is 0 Å². The fourth-order valence-corrected chi connectivity index (χ4v) is 5.46. The fourth-order valence-electron chi connectivity index (χ4n) is 5.46. The molecule has 1 radical (unpaired) electrons.